The van der Waals surface area contributed by atoms with Gasteiger partial charge in [-0.25, -0.2) is 14.8 Å². The maximum absolute atomic E-state index is 13.2. The van der Waals surface area contributed by atoms with Crippen LogP contribution < -0.4 is 11.0 Å². The molecule has 5 atom stereocenters. The Morgan fingerprint density at radius 2 is 2.07 bits per heavy atom. The molecule has 4 unspecified atom stereocenters. The van der Waals surface area contributed by atoms with Crippen molar-refractivity contribution in [3.8, 4) is 11.5 Å². The van der Waals surface area contributed by atoms with Crippen molar-refractivity contribution in [2.45, 2.75) is 83.3 Å². The molecule has 0 amide bonds. The summed E-state index contributed by atoms with van der Waals surface area (Å²) < 4.78 is 3.78. The van der Waals surface area contributed by atoms with E-state index in [0.717, 1.165) is 60.3 Å². The maximum Gasteiger partial charge on any atom is 0.331 e. The van der Waals surface area contributed by atoms with Crippen LogP contribution in [-0.4, -0.2) is 25.1 Å². The molecule has 3 heterocycles. The number of imidazole rings is 1. The first-order valence-corrected chi connectivity index (χ1v) is 10.9. The molecule has 144 valence electrons. The van der Waals surface area contributed by atoms with E-state index in [1.54, 1.807) is 0 Å². The second-order valence-corrected chi connectivity index (χ2v) is 9.45. The van der Waals surface area contributed by atoms with Crippen molar-refractivity contribution in [2.24, 2.45) is 17.8 Å². The van der Waals surface area contributed by atoms with Crippen molar-refractivity contribution < 1.29 is 0 Å². The third-order valence-electron chi connectivity index (χ3n) is 8.19. The average Bonchev–Trinajstić information content (AvgIpc) is 3.44. The minimum Gasteiger partial charge on any atom is -0.365 e. The number of anilines is 1. The molecule has 27 heavy (non-hydrogen) atoms. The van der Waals surface area contributed by atoms with Crippen molar-refractivity contribution in [1.29, 1.82) is 0 Å². The van der Waals surface area contributed by atoms with Gasteiger partial charge in [-0.3, -0.25) is 9.13 Å². The third-order valence-corrected chi connectivity index (χ3v) is 8.19. The molecular weight excluding hydrogens is 338 g/mol. The van der Waals surface area contributed by atoms with E-state index in [-0.39, 0.29) is 11.1 Å². The molecule has 6 nitrogen and oxygen atoms in total. The van der Waals surface area contributed by atoms with Gasteiger partial charge in [0.15, 0.2) is 5.82 Å². The molecule has 4 fully saturated rings. The molecule has 4 bridgehead atoms. The van der Waals surface area contributed by atoms with E-state index < -0.39 is 0 Å². The van der Waals surface area contributed by atoms with Gasteiger partial charge in [-0.2, -0.15) is 0 Å². The fourth-order valence-electron chi connectivity index (χ4n) is 6.83. The second kappa shape index (κ2) is 5.36. The largest absolute Gasteiger partial charge is 0.365 e. The minimum absolute atomic E-state index is 0.0726. The summed E-state index contributed by atoms with van der Waals surface area (Å²) >= 11 is 0. The van der Waals surface area contributed by atoms with Gasteiger partial charge in [0.25, 0.3) is 0 Å². The Balaban J connectivity index is 1.55. The van der Waals surface area contributed by atoms with Crippen molar-refractivity contribution in [3.63, 3.8) is 0 Å². The maximum atomic E-state index is 13.2. The van der Waals surface area contributed by atoms with Gasteiger partial charge in [-0.15, -0.1) is 0 Å². The van der Waals surface area contributed by atoms with Crippen LogP contribution in [-0.2, 0) is 18.5 Å². The highest BCUT2D eigenvalue weighted by Gasteiger charge is 2.61. The summed E-state index contributed by atoms with van der Waals surface area (Å²) in [5.41, 5.74) is 1.18. The predicted octanol–water partition coefficient (Wildman–Crippen LogP) is 3.24. The van der Waals surface area contributed by atoms with E-state index in [4.69, 9.17) is 9.97 Å². The Hall–Kier alpha value is -1.85. The quantitative estimate of drug-likeness (QED) is 0.901. The van der Waals surface area contributed by atoms with Gasteiger partial charge in [0.05, 0.1) is 0 Å². The zero-order valence-electron chi connectivity index (χ0n) is 16.4. The zero-order chi connectivity index (χ0) is 18.3. The molecule has 3 aliphatic heterocycles. The molecule has 1 N–H and O–H groups in total. The number of hydrogen-bond donors (Lipinski definition) is 1. The van der Waals surface area contributed by atoms with Crippen molar-refractivity contribution in [2.75, 3.05) is 5.32 Å². The molecule has 0 aromatic heterocycles. The first-order chi connectivity index (χ1) is 13.1. The second-order valence-electron chi connectivity index (χ2n) is 9.45. The third kappa shape index (κ3) is 1.94. The van der Waals surface area contributed by atoms with E-state index >= 15 is 0 Å². The SMILES string of the molecule is CCCn1c2nc(C34CCC5CC3CC5C4)nc-2c2n(c1=O)C[C@@H](CC)N2. The number of nitrogens with one attached hydrogen (secondary N) is 1. The van der Waals surface area contributed by atoms with Gasteiger partial charge >= 0.3 is 5.69 Å². The topological polar surface area (TPSA) is 64.7 Å². The molecular formula is C21H29N5O. The van der Waals surface area contributed by atoms with Gasteiger partial charge in [0.1, 0.15) is 17.3 Å². The molecule has 0 spiro atoms. The van der Waals surface area contributed by atoms with Gasteiger partial charge in [-0.05, 0) is 62.7 Å². The van der Waals surface area contributed by atoms with Crippen LogP contribution in [0, 0.1) is 17.8 Å². The van der Waals surface area contributed by atoms with Crippen molar-refractivity contribution in [3.05, 3.63) is 16.3 Å². The fraction of sp³-hybridized carbons (Fsp3) is 0.762. The summed E-state index contributed by atoms with van der Waals surface area (Å²) in [6, 6.07) is 0.314. The van der Waals surface area contributed by atoms with Crippen LogP contribution in [0.1, 0.15) is 64.6 Å². The zero-order valence-corrected chi connectivity index (χ0v) is 16.4. The van der Waals surface area contributed by atoms with Crippen LogP contribution in [0.2, 0.25) is 0 Å². The highest BCUT2D eigenvalue weighted by Crippen LogP contribution is 2.66. The van der Waals surface area contributed by atoms with Crippen LogP contribution in [0.3, 0.4) is 0 Å². The van der Waals surface area contributed by atoms with Crippen LogP contribution in [0.25, 0.3) is 11.5 Å². The summed E-state index contributed by atoms with van der Waals surface area (Å²) in [6.45, 7) is 5.74. The Labute approximate surface area is 159 Å². The number of nitrogens with zero attached hydrogens (tertiary/aromatic N) is 4. The van der Waals surface area contributed by atoms with Crippen LogP contribution in [0.5, 0.6) is 0 Å². The lowest BCUT2D eigenvalue weighted by atomic mass is 9.60. The smallest absolute Gasteiger partial charge is 0.331 e. The molecule has 7 rings (SSSR count). The predicted molar refractivity (Wildman–Crippen MR) is 104 cm³/mol. The fourth-order valence-corrected chi connectivity index (χ4v) is 6.83. The van der Waals surface area contributed by atoms with Crippen LogP contribution in [0.4, 0.5) is 5.82 Å². The van der Waals surface area contributed by atoms with E-state index in [2.05, 4.69) is 19.2 Å². The monoisotopic (exact) mass is 367 g/mol. The Morgan fingerprint density at radius 3 is 2.81 bits per heavy atom. The Kier molecular flexibility index (Phi) is 3.20. The van der Waals surface area contributed by atoms with E-state index in [9.17, 15) is 4.79 Å². The minimum atomic E-state index is 0.0726. The summed E-state index contributed by atoms with van der Waals surface area (Å²) in [4.78, 5) is 23.4. The summed E-state index contributed by atoms with van der Waals surface area (Å²) in [6.07, 6.45) is 8.55. The number of hydrogen-bond acceptors (Lipinski definition) is 4. The molecule has 0 radical (unpaired) electrons. The van der Waals surface area contributed by atoms with Crippen molar-refractivity contribution in [1.82, 2.24) is 19.1 Å². The molecule has 7 aliphatic rings. The standard InChI is InChI=1S/C21H29N5O/c1-3-7-25-18-16(17-22-15(4-2)11-26(17)20(25)27)23-19(24-18)21-6-5-12-8-14(21)9-13(12)10-21/h12-15,22H,3-11H2,1-2H3/t12?,13?,14?,15-,21?/m1/s1. The first kappa shape index (κ1) is 16.1. The van der Waals surface area contributed by atoms with E-state index in [1.165, 1.54) is 32.1 Å². The lowest BCUT2D eigenvalue weighted by Crippen LogP contribution is -2.41. The highest BCUT2D eigenvalue weighted by atomic mass is 16.1. The van der Waals surface area contributed by atoms with Gasteiger partial charge in [-0.1, -0.05) is 13.8 Å². The average molecular weight is 367 g/mol. The lowest BCUT2D eigenvalue weighted by molar-refractivity contribution is 0.114. The van der Waals surface area contributed by atoms with Crippen LogP contribution >= 0.6 is 0 Å². The van der Waals surface area contributed by atoms with Gasteiger partial charge in [0.2, 0.25) is 0 Å². The molecule has 4 aliphatic carbocycles. The van der Waals surface area contributed by atoms with Crippen molar-refractivity contribution >= 4 is 5.82 Å². The molecule has 0 aromatic carbocycles. The first-order valence-electron chi connectivity index (χ1n) is 10.9. The van der Waals surface area contributed by atoms with Gasteiger partial charge < -0.3 is 5.32 Å². The summed E-state index contributed by atoms with van der Waals surface area (Å²) in [5, 5.41) is 3.56. The molecule has 0 saturated heterocycles. The van der Waals surface area contributed by atoms with E-state index in [1.807, 2.05) is 9.13 Å². The molecule has 6 heteroatoms. The number of aromatic nitrogens is 4. The number of rotatable bonds is 4. The molecule has 0 aromatic rings. The van der Waals surface area contributed by atoms with Crippen LogP contribution in [0.15, 0.2) is 4.79 Å². The number of fused-ring (bicyclic) bond motifs is 4. The Morgan fingerprint density at radius 1 is 1.22 bits per heavy atom. The Bertz CT molecular complexity index is 943. The molecule has 4 saturated carbocycles. The van der Waals surface area contributed by atoms with E-state index in [0.29, 0.717) is 12.6 Å². The summed E-state index contributed by atoms with van der Waals surface area (Å²) in [7, 11) is 0. The normalized spacial score (nSPS) is 35.9. The highest BCUT2D eigenvalue weighted by molar-refractivity contribution is 5.70. The summed E-state index contributed by atoms with van der Waals surface area (Å²) in [5.74, 6) is 5.38. The lowest BCUT2D eigenvalue weighted by Gasteiger charge is -2.44. The van der Waals surface area contributed by atoms with Gasteiger partial charge in [0, 0.05) is 24.5 Å².